The van der Waals surface area contributed by atoms with E-state index in [1.54, 1.807) is 5.56 Å². The second-order valence-corrected chi connectivity index (χ2v) is 10.9. The first-order valence-electron chi connectivity index (χ1n) is 13.3. The smallest absolute Gasteiger partial charge is 0.126 e. The Morgan fingerprint density at radius 1 is 1.06 bits per heavy atom. The lowest BCUT2D eigenvalue weighted by atomic mass is 9.55. The Morgan fingerprint density at radius 2 is 1.88 bits per heavy atom. The van der Waals surface area contributed by atoms with E-state index in [0.29, 0.717) is 17.7 Å². The van der Waals surface area contributed by atoms with Crippen LogP contribution >= 0.6 is 0 Å². The van der Waals surface area contributed by atoms with Crippen LogP contribution in [0.1, 0.15) is 81.0 Å². The van der Waals surface area contributed by atoms with Crippen LogP contribution in [0.4, 0.5) is 5.69 Å². The fourth-order valence-corrected chi connectivity index (χ4v) is 7.55. The molecule has 0 saturated heterocycles. The van der Waals surface area contributed by atoms with E-state index >= 15 is 0 Å². The number of aliphatic imine (C=N–C) groups is 1. The average Bonchev–Trinajstić information content (AvgIpc) is 3.20. The van der Waals surface area contributed by atoms with Crippen molar-refractivity contribution in [3.8, 4) is 5.75 Å². The summed E-state index contributed by atoms with van der Waals surface area (Å²) in [6, 6.07) is 13.0. The van der Waals surface area contributed by atoms with Crippen LogP contribution < -0.4 is 4.90 Å². The van der Waals surface area contributed by atoms with Gasteiger partial charge < -0.3 is 15.1 Å². The second kappa shape index (κ2) is 9.37. The van der Waals surface area contributed by atoms with Gasteiger partial charge in [0.1, 0.15) is 5.75 Å². The molecule has 0 radical (unpaired) electrons. The Labute approximate surface area is 204 Å². The Morgan fingerprint density at radius 3 is 2.62 bits per heavy atom. The van der Waals surface area contributed by atoms with Gasteiger partial charge in [0, 0.05) is 36.6 Å². The SMILES string of the molecule is CCN(CC)c1ccc(C=N[C@H]2CCC3C4CCc5cc(CO)ccc5C4CC[C@@]32C)c(O)c1. The van der Waals surface area contributed by atoms with Gasteiger partial charge in [0.2, 0.25) is 0 Å². The molecule has 2 fully saturated rings. The van der Waals surface area contributed by atoms with Gasteiger partial charge in [-0.05, 0) is 104 Å². The fourth-order valence-electron chi connectivity index (χ4n) is 7.55. The van der Waals surface area contributed by atoms with Gasteiger partial charge in [0.05, 0.1) is 12.6 Å². The summed E-state index contributed by atoms with van der Waals surface area (Å²) < 4.78 is 0. The largest absolute Gasteiger partial charge is 0.507 e. The van der Waals surface area contributed by atoms with Crippen LogP contribution in [0.25, 0.3) is 0 Å². The van der Waals surface area contributed by atoms with E-state index < -0.39 is 0 Å². The van der Waals surface area contributed by atoms with E-state index in [2.05, 4.69) is 49.9 Å². The van der Waals surface area contributed by atoms with Crippen molar-refractivity contribution in [2.45, 2.75) is 77.9 Å². The van der Waals surface area contributed by atoms with Gasteiger partial charge in [-0.1, -0.05) is 25.1 Å². The highest BCUT2D eigenvalue weighted by molar-refractivity contribution is 5.84. The van der Waals surface area contributed by atoms with Crippen LogP contribution in [0.15, 0.2) is 41.4 Å². The van der Waals surface area contributed by atoms with Crippen molar-refractivity contribution in [2.75, 3.05) is 18.0 Å². The summed E-state index contributed by atoms with van der Waals surface area (Å²) in [5, 5.41) is 20.2. The molecule has 3 unspecified atom stereocenters. The summed E-state index contributed by atoms with van der Waals surface area (Å²) in [7, 11) is 0. The molecule has 0 spiro atoms. The fraction of sp³-hybridized carbons (Fsp3) is 0.567. The molecule has 0 bridgehead atoms. The lowest BCUT2D eigenvalue weighted by Crippen LogP contribution is -2.43. The molecule has 0 heterocycles. The number of phenols is 1. The molecule has 3 aliphatic carbocycles. The number of fused-ring (bicyclic) bond motifs is 5. The zero-order chi connectivity index (χ0) is 23.9. The van der Waals surface area contributed by atoms with Crippen LogP contribution in [0.5, 0.6) is 5.75 Å². The lowest BCUT2D eigenvalue weighted by molar-refractivity contribution is 0.0502. The molecule has 2 aromatic carbocycles. The average molecular weight is 461 g/mol. The highest BCUT2D eigenvalue weighted by atomic mass is 16.3. The molecular weight excluding hydrogens is 420 g/mol. The van der Waals surface area contributed by atoms with Crippen LogP contribution in [0.3, 0.4) is 0 Å². The van der Waals surface area contributed by atoms with E-state index in [4.69, 9.17) is 4.99 Å². The van der Waals surface area contributed by atoms with E-state index in [-0.39, 0.29) is 12.0 Å². The highest BCUT2D eigenvalue weighted by Crippen LogP contribution is 2.61. The molecule has 0 aromatic heterocycles. The molecule has 0 amide bonds. The predicted molar refractivity (Wildman–Crippen MR) is 140 cm³/mol. The van der Waals surface area contributed by atoms with Gasteiger partial charge in [0.15, 0.2) is 0 Å². The number of aliphatic hydroxyl groups excluding tert-OH is 1. The summed E-state index contributed by atoms with van der Waals surface area (Å²) in [5.41, 5.74) is 6.18. The van der Waals surface area contributed by atoms with Crippen molar-refractivity contribution in [3.63, 3.8) is 0 Å². The van der Waals surface area contributed by atoms with Gasteiger partial charge >= 0.3 is 0 Å². The maximum absolute atomic E-state index is 10.7. The molecule has 2 saturated carbocycles. The molecule has 4 nitrogen and oxygen atoms in total. The number of hydrogen-bond donors (Lipinski definition) is 2. The summed E-state index contributed by atoms with van der Waals surface area (Å²) in [6.07, 6.45) is 9.19. The summed E-state index contributed by atoms with van der Waals surface area (Å²) in [4.78, 5) is 7.35. The van der Waals surface area contributed by atoms with Crippen molar-refractivity contribution in [1.29, 1.82) is 0 Å². The van der Waals surface area contributed by atoms with Crippen molar-refractivity contribution in [3.05, 3.63) is 58.7 Å². The van der Waals surface area contributed by atoms with E-state index in [1.165, 1.54) is 31.2 Å². The monoisotopic (exact) mass is 460 g/mol. The Bertz CT molecular complexity index is 1060. The number of aryl methyl sites for hydroxylation is 1. The van der Waals surface area contributed by atoms with E-state index in [9.17, 15) is 10.2 Å². The third-order valence-electron chi connectivity index (χ3n) is 9.46. The summed E-state index contributed by atoms with van der Waals surface area (Å²) in [6.45, 7) is 8.76. The van der Waals surface area contributed by atoms with Gasteiger partial charge in [0.25, 0.3) is 0 Å². The van der Waals surface area contributed by atoms with Crippen molar-refractivity contribution in [1.82, 2.24) is 0 Å². The number of aliphatic hydroxyl groups is 1. The Hall–Kier alpha value is -2.33. The number of rotatable bonds is 6. The number of hydrogen-bond acceptors (Lipinski definition) is 4. The molecule has 5 atom stereocenters. The molecule has 34 heavy (non-hydrogen) atoms. The van der Waals surface area contributed by atoms with Gasteiger partial charge in [-0.3, -0.25) is 4.99 Å². The van der Waals surface area contributed by atoms with Gasteiger partial charge in [-0.15, -0.1) is 0 Å². The number of phenolic OH excluding ortho intramolecular Hbond substituents is 1. The third-order valence-corrected chi connectivity index (χ3v) is 9.46. The molecule has 0 aliphatic heterocycles. The maximum Gasteiger partial charge on any atom is 0.126 e. The molecule has 4 heteroatoms. The predicted octanol–water partition coefficient (Wildman–Crippen LogP) is 6.07. The molecule has 5 rings (SSSR count). The molecule has 3 aliphatic rings. The third kappa shape index (κ3) is 3.94. The summed E-state index contributed by atoms with van der Waals surface area (Å²) in [5.74, 6) is 2.45. The first-order valence-corrected chi connectivity index (χ1v) is 13.3. The Kier molecular flexibility index (Phi) is 6.45. The minimum atomic E-state index is 0.134. The van der Waals surface area contributed by atoms with Crippen molar-refractivity contribution < 1.29 is 10.2 Å². The molecular formula is C30H40N2O2. The van der Waals surface area contributed by atoms with Gasteiger partial charge in [-0.2, -0.15) is 0 Å². The maximum atomic E-state index is 10.7. The quantitative estimate of drug-likeness (QED) is 0.514. The van der Waals surface area contributed by atoms with E-state index in [1.807, 2.05) is 18.3 Å². The Balaban J connectivity index is 1.33. The number of nitrogens with zero attached hydrogens (tertiary/aromatic N) is 2. The first-order chi connectivity index (χ1) is 16.5. The van der Waals surface area contributed by atoms with Crippen molar-refractivity contribution in [2.24, 2.45) is 22.2 Å². The summed E-state index contributed by atoms with van der Waals surface area (Å²) >= 11 is 0. The number of benzene rings is 2. The lowest BCUT2D eigenvalue weighted by Gasteiger charge is -2.50. The number of anilines is 1. The molecule has 2 aromatic rings. The van der Waals surface area contributed by atoms with E-state index in [0.717, 1.165) is 54.6 Å². The number of aromatic hydroxyl groups is 1. The van der Waals surface area contributed by atoms with Crippen LogP contribution in [0, 0.1) is 17.3 Å². The molecule has 182 valence electrons. The van der Waals surface area contributed by atoms with Crippen LogP contribution in [0.2, 0.25) is 0 Å². The minimum Gasteiger partial charge on any atom is -0.507 e. The van der Waals surface area contributed by atoms with Crippen molar-refractivity contribution >= 4 is 11.9 Å². The zero-order valence-corrected chi connectivity index (χ0v) is 21.0. The van der Waals surface area contributed by atoms with Gasteiger partial charge in [-0.25, -0.2) is 0 Å². The topological polar surface area (TPSA) is 56.1 Å². The van der Waals surface area contributed by atoms with Crippen LogP contribution in [-0.2, 0) is 13.0 Å². The first kappa shape index (κ1) is 23.4. The second-order valence-electron chi connectivity index (χ2n) is 10.9. The van der Waals surface area contributed by atoms with Crippen LogP contribution in [-0.4, -0.2) is 35.6 Å². The standard InChI is InChI=1S/C30H40N2O2/c1-4-32(5-2)23-9-7-22(28(34)17-23)18-31-29-13-12-27-26-11-8-21-16-20(19-33)6-10-24(21)25(26)14-15-30(27,29)3/h6-7,9-10,16-18,25-27,29,33-34H,4-5,8,11-15,19H2,1-3H3/t25?,26?,27?,29-,30-/m0/s1. The normalized spacial score (nSPS) is 30.1. The zero-order valence-electron chi connectivity index (χ0n) is 21.0. The minimum absolute atomic E-state index is 0.134. The molecule has 2 N–H and O–H groups in total. The highest BCUT2D eigenvalue weighted by Gasteiger charge is 2.54.